The molecule has 0 aliphatic rings. The van der Waals surface area contributed by atoms with Crippen molar-refractivity contribution in [3.8, 4) is 11.5 Å². The summed E-state index contributed by atoms with van der Waals surface area (Å²) in [6, 6.07) is 5.33. The molecule has 1 aromatic heterocycles. The highest BCUT2D eigenvalue weighted by Crippen LogP contribution is 2.36. The van der Waals surface area contributed by atoms with Crippen molar-refractivity contribution in [1.29, 1.82) is 0 Å². The monoisotopic (exact) mass is 252 g/mol. The summed E-state index contributed by atoms with van der Waals surface area (Å²) in [7, 11) is 3.09. The number of hydrogen-bond donors (Lipinski definition) is 1. The van der Waals surface area contributed by atoms with E-state index in [0.29, 0.717) is 22.8 Å². The number of aromatic nitrogens is 2. The quantitative estimate of drug-likeness (QED) is 0.896. The second-order valence-electron chi connectivity index (χ2n) is 3.31. The van der Waals surface area contributed by atoms with E-state index in [2.05, 4.69) is 8.75 Å². The van der Waals surface area contributed by atoms with Gasteiger partial charge in [-0.1, -0.05) is 6.07 Å². The van der Waals surface area contributed by atoms with Crippen LogP contribution >= 0.6 is 11.7 Å². The number of benzene rings is 1. The van der Waals surface area contributed by atoms with Crippen molar-refractivity contribution in [2.24, 2.45) is 0 Å². The molecule has 5 nitrogen and oxygen atoms in total. The zero-order chi connectivity index (χ0) is 12.3. The predicted octanol–water partition coefficient (Wildman–Crippen LogP) is 1.64. The third-order valence-electron chi connectivity index (χ3n) is 2.40. The van der Waals surface area contributed by atoms with Gasteiger partial charge in [-0.25, -0.2) is 0 Å². The van der Waals surface area contributed by atoms with Gasteiger partial charge < -0.3 is 14.6 Å². The van der Waals surface area contributed by atoms with Crippen molar-refractivity contribution in [1.82, 2.24) is 8.75 Å². The Kier molecular flexibility index (Phi) is 3.55. The normalized spacial score (nSPS) is 12.2. The van der Waals surface area contributed by atoms with Gasteiger partial charge in [-0.3, -0.25) is 0 Å². The van der Waals surface area contributed by atoms with E-state index in [4.69, 9.17) is 9.47 Å². The predicted molar refractivity (Wildman–Crippen MR) is 63.5 cm³/mol. The maximum Gasteiger partial charge on any atom is 0.131 e. The maximum atomic E-state index is 10.2. The van der Waals surface area contributed by atoms with Gasteiger partial charge in [0.05, 0.1) is 37.7 Å². The SMILES string of the molecule is COc1cccc(OC)c1C(O)c1cnsn1. The fraction of sp³-hybridized carbons (Fsp3) is 0.273. The molecule has 0 radical (unpaired) electrons. The van der Waals surface area contributed by atoms with E-state index in [-0.39, 0.29) is 0 Å². The van der Waals surface area contributed by atoms with Crippen LogP contribution in [-0.4, -0.2) is 28.1 Å². The second-order valence-corrected chi connectivity index (χ2v) is 3.87. The highest BCUT2D eigenvalue weighted by atomic mass is 32.1. The highest BCUT2D eigenvalue weighted by Gasteiger charge is 2.22. The van der Waals surface area contributed by atoms with Crippen LogP contribution in [0.2, 0.25) is 0 Å². The Balaban J connectivity index is 2.49. The minimum absolute atomic E-state index is 0.484. The molecule has 17 heavy (non-hydrogen) atoms. The van der Waals surface area contributed by atoms with E-state index in [1.807, 2.05) is 0 Å². The lowest BCUT2D eigenvalue weighted by Gasteiger charge is -2.16. The Morgan fingerprint density at radius 3 is 2.35 bits per heavy atom. The van der Waals surface area contributed by atoms with Crippen LogP contribution < -0.4 is 9.47 Å². The lowest BCUT2D eigenvalue weighted by atomic mass is 10.0. The summed E-state index contributed by atoms with van der Waals surface area (Å²) in [5.41, 5.74) is 1.04. The van der Waals surface area contributed by atoms with Crippen LogP contribution in [-0.2, 0) is 0 Å². The molecule has 2 aromatic rings. The van der Waals surface area contributed by atoms with E-state index in [9.17, 15) is 5.11 Å². The molecule has 2 rings (SSSR count). The van der Waals surface area contributed by atoms with Gasteiger partial charge in [0.1, 0.15) is 23.3 Å². The van der Waals surface area contributed by atoms with Crippen molar-refractivity contribution >= 4 is 11.7 Å². The molecule has 0 amide bonds. The van der Waals surface area contributed by atoms with Crippen LogP contribution in [0.15, 0.2) is 24.4 Å². The van der Waals surface area contributed by atoms with Crippen LogP contribution in [0, 0.1) is 0 Å². The van der Waals surface area contributed by atoms with Crippen molar-refractivity contribution in [3.05, 3.63) is 35.7 Å². The number of ether oxygens (including phenoxy) is 2. The maximum absolute atomic E-state index is 10.2. The van der Waals surface area contributed by atoms with E-state index < -0.39 is 6.10 Å². The van der Waals surface area contributed by atoms with Gasteiger partial charge in [-0.05, 0) is 12.1 Å². The van der Waals surface area contributed by atoms with Crippen molar-refractivity contribution in [2.75, 3.05) is 14.2 Å². The number of nitrogens with zero attached hydrogens (tertiary/aromatic N) is 2. The standard InChI is InChI=1S/C11H12N2O3S/c1-15-8-4-3-5-9(16-2)10(8)11(14)7-6-12-17-13-7/h3-6,11,14H,1-2H3. The molecular weight excluding hydrogens is 240 g/mol. The summed E-state index contributed by atoms with van der Waals surface area (Å²) in [6.07, 6.45) is 0.626. The van der Waals surface area contributed by atoms with Crippen LogP contribution in [0.25, 0.3) is 0 Å². The van der Waals surface area contributed by atoms with Gasteiger partial charge in [-0.2, -0.15) is 8.75 Å². The van der Waals surface area contributed by atoms with Crippen molar-refractivity contribution in [2.45, 2.75) is 6.10 Å². The summed E-state index contributed by atoms with van der Waals surface area (Å²) in [4.78, 5) is 0. The average molecular weight is 252 g/mol. The third-order valence-corrected chi connectivity index (χ3v) is 2.89. The molecule has 1 atom stereocenters. The molecule has 90 valence electrons. The smallest absolute Gasteiger partial charge is 0.131 e. The molecule has 0 aliphatic carbocycles. The van der Waals surface area contributed by atoms with E-state index in [0.717, 1.165) is 11.7 Å². The van der Waals surface area contributed by atoms with Crippen molar-refractivity contribution < 1.29 is 14.6 Å². The molecule has 1 unspecified atom stereocenters. The van der Waals surface area contributed by atoms with Crippen LogP contribution in [0.5, 0.6) is 11.5 Å². The zero-order valence-electron chi connectivity index (χ0n) is 9.45. The Labute approximate surface area is 103 Å². The fourth-order valence-electron chi connectivity index (χ4n) is 1.59. The molecule has 1 heterocycles. The number of hydrogen-bond acceptors (Lipinski definition) is 6. The lowest BCUT2D eigenvalue weighted by molar-refractivity contribution is 0.205. The molecule has 0 aliphatic heterocycles. The minimum Gasteiger partial charge on any atom is -0.496 e. The third kappa shape index (κ3) is 2.22. The first-order valence-corrected chi connectivity index (χ1v) is 5.67. The number of rotatable bonds is 4. The molecular formula is C11H12N2O3S. The first-order chi connectivity index (χ1) is 8.27. The molecule has 0 bridgehead atoms. The average Bonchev–Trinajstić information content (AvgIpc) is 2.90. The van der Waals surface area contributed by atoms with Gasteiger partial charge in [-0.15, -0.1) is 0 Å². The summed E-state index contributed by atoms with van der Waals surface area (Å²) in [5.74, 6) is 1.12. The molecule has 0 spiro atoms. The zero-order valence-corrected chi connectivity index (χ0v) is 10.3. The molecule has 0 saturated heterocycles. The first kappa shape index (κ1) is 11.8. The highest BCUT2D eigenvalue weighted by molar-refractivity contribution is 6.99. The summed E-state index contributed by atoms with van der Waals surface area (Å²) < 4.78 is 18.3. The van der Waals surface area contributed by atoms with Gasteiger partial charge in [0.15, 0.2) is 0 Å². The second kappa shape index (κ2) is 5.11. The molecule has 0 saturated carbocycles. The topological polar surface area (TPSA) is 64.5 Å². The Morgan fingerprint density at radius 2 is 1.88 bits per heavy atom. The summed E-state index contributed by atoms with van der Waals surface area (Å²) in [6.45, 7) is 0. The number of methoxy groups -OCH3 is 2. The van der Waals surface area contributed by atoms with Gasteiger partial charge in [0, 0.05) is 0 Å². The Bertz CT molecular complexity index is 465. The summed E-state index contributed by atoms with van der Waals surface area (Å²) in [5, 5.41) is 10.2. The Hall–Kier alpha value is -1.66. The number of aliphatic hydroxyl groups is 1. The fourth-order valence-corrected chi connectivity index (χ4v) is 2.03. The molecule has 1 aromatic carbocycles. The molecule has 0 fully saturated rings. The molecule has 1 N–H and O–H groups in total. The largest absolute Gasteiger partial charge is 0.496 e. The van der Waals surface area contributed by atoms with Crippen LogP contribution in [0.1, 0.15) is 17.4 Å². The van der Waals surface area contributed by atoms with E-state index in [1.165, 1.54) is 6.20 Å². The van der Waals surface area contributed by atoms with Gasteiger partial charge in [0.2, 0.25) is 0 Å². The van der Waals surface area contributed by atoms with Gasteiger partial charge in [0.25, 0.3) is 0 Å². The van der Waals surface area contributed by atoms with E-state index in [1.54, 1.807) is 32.4 Å². The first-order valence-electron chi connectivity index (χ1n) is 4.94. The van der Waals surface area contributed by atoms with E-state index >= 15 is 0 Å². The number of aliphatic hydroxyl groups excluding tert-OH is 1. The minimum atomic E-state index is -0.903. The Morgan fingerprint density at radius 1 is 1.24 bits per heavy atom. The lowest BCUT2D eigenvalue weighted by Crippen LogP contribution is -2.05. The van der Waals surface area contributed by atoms with Gasteiger partial charge >= 0.3 is 0 Å². The summed E-state index contributed by atoms with van der Waals surface area (Å²) >= 11 is 1.05. The van der Waals surface area contributed by atoms with Crippen LogP contribution in [0.3, 0.4) is 0 Å². The van der Waals surface area contributed by atoms with Crippen molar-refractivity contribution in [3.63, 3.8) is 0 Å². The molecule has 6 heteroatoms. The van der Waals surface area contributed by atoms with Crippen LogP contribution in [0.4, 0.5) is 0 Å².